The largest absolute Gasteiger partial charge is 0.490 e. The molecule has 1 aromatic heterocycles. The highest BCUT2D eigenvalue weighted by molar-refractivity contribution is 5.97. The Morgan fingerprint density at radius 3 is 2.60 bits per heavy atom. The Balaban J connectivity index is 1.74. The second-order valence-electron chi connectivity index (χ2n) is 6.64. The Morgan fingerprint density at radius 1 is 1.10 bits per heavy atom. The fraction of sp³-hybridized carbons (Fsp3) is 0.261. The van der Waals surface area contributed by atoms with Crippen molar-refractivity contribution in [3.8, 4) is 5.75 Å². The Bertz CT molecular complexity index is 1150. The van der Waals surface area contributed by atoms with Gasteiger partial charge in [-0.25, -0.2) is 9.59 Å². The van der Waals surface area contributed by atoms with Crippen molar-refractivity contribution in [1.82, 2.24) is 0 Å². The lowest BCUT2D eigenvalue weighted by Gasteiger charge is -2.13. The molecule has 1 amide bonds. The minimum atomic E-state index is -0.928. The van der Waals surface area contributed by atoms with Gasteiger partial charge in [-0.3, -0.25) is 4.79 Å². The number of anilines is 1. The minimum absolute atomic E-state index is 0.255. The van der Waals surface area contributed by atoms with Crippen LogP contribution in [0.25, 0.3) is 11.0 Å². The lowest BCUT2D eigenvalue weighted by molar-refractivity contribution is -0.119. The van der Waals surface area contributed by atoms with Gasteiger partial charge in [-0.1, -0.05) is 37.3 Å². The zero-order valence-electron chi connectivity index (χ0n) is 17.1. The summed E-state index contributed by atoms with van der Waals surface area (Å²) in [5, 5.41) is 3.29. The van der Waals surface area contributed by atoms with E-state index in [1.54, 1.807) is 18.2 Å². The molecular weight excluding hydrogens is 386 g/mol. The maximum atomic E-state index is 12.4. The fourth-order valence-electron chi connectivity index (χ4n) is 3.12. The van der Waals surface area contributed by atoms with Gasteiger partial charge in [-0.05, 0) is 43.5 Å². The second-order valence-corrected chi connectivity index (χ2v) is 6.64. The van der Waals surface area contributed by atoms with E-state index in [0.717, 1.165) is 17.5 Å². The number of fused-ring (bicyclic) bond motifs is 1. The molecule has 0 aliphatic carbocycles. The van der Waals surface area contributed by atoms with Gasteiger partial charge in [0.25, 0.3) is 5.91 Å². The fourth-order valence-corrected chi connectivity index (χ4v) is 3.12. The van der Waals surface area contributed by atoms with Gasteiger partial charge >= 0.3 is 11.6 Å². The first-order chi connectivity index (χ1) is 14.4. The quantitative estimate of drug-likeness (QED) is 0.470. The normalized spacial score (nSPS) is 10.6. The molecule has 0 aliphatic rings. The topological polar surface area (TPSA) is 94.8 Å². The summed E-state index contributed by atoms with van der Waals surface area (Å²) in [4.78, 5) is 36.9. The molecule has 0 radical (unpaired) electrons. The van der Waals surface area contributed by atoms with E-state index >= 15 is 0 Å². The van der Waals surface area contributed by atoms with Gasteiger partial charge in [-0.2, -0.15) is 0 Å². The van der Waals surface area contributed by atoms with Gasteiger partial charge in [0.05, 0.1) is 6.61 Å². The van der Waals surface area contributed by atoms with Crippen LogP contribution in [0.15, 0.2) is 51.7 Å². The summed E-state index contributed by atoms with van der Waals surface area (Å²) in [5.74, 6) is -1.00. The Morgan fingerprint density at radius 2 is 1.87 bits per heavy atom. The van der Waals surface area contributed by atoms with E-state index in [2.05, 4.69) is 5.32 Å². The Kier molecular flexibility index (Phi) is 6.51. The Hall–Kier alpha value is -3.61. The van der Waals surface area contributed by atoms with E-state index < -0.39 is 24.1 Å². The molecule has 7 heteroatoms. The first kappa shape index (κ1) is 21.1. The van der Waals surface area contributed by atoms with Gasteiger partial charge < -0.3 is 19.2 Å². The van der Waals surface area contributed by atoms with Crippen LogP contribution in [0.1, 0.15) is 35.3 Å². The average Bonchev–Trinajstić information content (AvgIpc) is 2.73. The average molecular weight is 409 g/mol. The Labute approximate surface area is 173 Å². The lowest BCUT2D eigenvalue weighted by atomic mass is 10.1. The molecule has 3 aromatic rings. The zero-order valence-corrected chi connectivity index (χ0v) is 17.1. The number of nitrogens with one attached hydrogen (secondary N) is 1. The van der Waals surface area contributed by atoms with Crippen LogP contribution < -0.4 is 15.7 Å². The van der Waals surface area contributed by atoms with E-state index in [0.29, 0.717) is 23.4 Å². The van der Waals surface area contributed by atoms with Crippen LogP contribution >= 0.6 is 0 Å². The molecule has 3 rings (SSSR count). The number of para-hydroxylation sites is 2. The molecular formula is C23H23NO6. The summed E-state index contributed by atoms with van der Waals surface area (Å²) in [6.45, 7) is 5.57. The first-order valence-corrected chi connectivity index (χ1v) is 9.69. The molecule has 2 aromatic carbocycles. The van der Waals surface area contributed by atoms with Gasteiger partial charge in [0.15, 0.2) is 17.9 Å². The number of hydrogen-bond donors (Lipinski definition) is 1. The number of carbonyl (C=O) groups is 2. The predicted octanol–water partition coefficient (Wildman–Crippen LogP) is 3.86. The number of ether oxygens (including phenoxy) is 2. The maximum absolute atomic E-state index is 12.4. The van der Waals surface area contributed by atoms with Crippen molar-refractivity contribution in [3.63, 3.8) is 0 Å². The summed E-state index contributed by atoms with van der Waals surface area (Å²) >= 11 is 0. The molecule has 0 saturated carbocycles. The number of carbonyl (C=O) groups excluding carboxylic acids is 2. The van der Waals surface area contributed by atoms with Crippen LogP contribution in [0.3, 0.4) is 0 Å². The second kappa shape index (κ2) is 9.26. The molecule has 30 heavy (non-hydrogen) atoms. The number of rotatable bonds is 7. The highest BCUT2D eigenvalue weighted by atomic mass is 16.5. The molecule has 0 fully saturated rings. The molecule has 0 unspecified atom stereocenters. The summed E-state index contributed by atoms with van der Waals surface area (Å²) in [6, 6.07) is 12.2. The molecule has 1 N–H and O–H groups in total. The van der Waals surface area contributed by atoms with Crippen molar-refractivity contribution in [1.29, 1.82) is 0 Å². The smallest absolute Gasteiger partial charge is 0.351 e. The maximum Gasteiger partial charge on any atom is 0.351 e. The summed E-state index contributed by atoms with van der Waals surface area (Å²) in [5.41, 5.74) is 1.71. The molecule has 7 nitrogen and oxygen atoms in total. The first-order valence-electron chi connectivity index (χ1n) is 9.69. The molecule has 0 aliphatic heterocycles. The van der Waals surface area contributed by atoms with Gasteiger partial charge in [-0.15, -0.1) is 0 Å². The van der Waals surface area contributed by atoms with Crippen LogP contribution in [0.5, 0.6) is 5.75 Å². The van der Waals surface area contributed by atoms with Crippen molar-refractivity contribution in [2.45, 2.75) is 27.2 Å². The third-order valence-corrected chi connectivity index (χ3v) is 4.58. The van der Waals surface area contributed by atoms with Crippen LogP contribution in [0.4, 0.5) is 5.69 Å². The molecule has 1 heterocycles. The summed E-state index contributed by atoms with van der Waals surface area (Å²) in [6.07, 6.45) is 0.749. The van der Waals surface area contributed by atoms with Gasteiger partial charge in [0.1, 0.15) is 5.56 Å². The molecule has 156 valence electrons. The number of amides is 1. The number of benzene rings is 2. The summed E-state index contributed by atoms with van der Waals surface area (Å²) in [7, 11) is 0. The lowest BCUT2D eigenvalue weighted by Crippen LogP contribution is -2.24. The van der Waals surface area contributed by atoms with E-state index in [4.69, 9.17) is 13.9 Å². The monoisotopic (exact) mass is 409 g/mol. The summed E-state index contributed by atoms with van der Waals surface area (Å²) < 4.78 is 15.7. The highest BCUT2D eigenvalue weighted by Gasteiger charge is 2.18. The third-order valence-electron chi connectivity index (χ3n) is 4.58. The van der Waals surface area contributed by atoms with Crippen LogP contribution in [0, 0.1) is 6.92 Å². The molecule has 0 spiro atoms. The van der Waals surface area contributed by atoms with E-state index in [1.165, 1.54) is 6.07 Å². The predicted molar refractivity (Wildman–Crippen MR) is 113 cm³/mol. The number of aryl methyl sites for hydroxylation is 2. The van der Waals surface area contributed by atoms with Crippen LogP contribution in [-0.4, -0.2) is 25.1 Å². The van der Waals surface area contributed by atoms with Crippen LogP contribution in [-0.2, 0) is 16.0 Å². The van der Waals surface area contributed by atoms with E-state index in [-0.39, 0.29) is 11.1 Å². The van der Waals surface area contributed by atoms with Crippen LogP contribution in [0.2, 0.25) is 0 Å². The van der Waals surface area contributed by atoms with Gasteiger partial charge in [0.2, 0.25) is 0 Å². The highest BCUT2D eigenvalue weighted by Crippen LogP contribution is 2.25. The standard InChI is InChI=1S/C23H23NO6/c1-4-15-9-6-8-14(3)20(15)24-19(25)13-29-22(26)17-12-16-10-7-11-18(28-5-2)21(16)30-23(17)27/h6-12H,4-5,13H2,1-3H3,(H,24,25). The molecule has 0 bridgehead atoms. The number of esters is 1. The van der Waals surface area contributed by atoms with Crippen molar-refractivity contribution in [2.75, 3.05) is 18.5 Å². The van der Waals surface area contributed by atoms with Crippen molar-refractivity contribution in [3.05, 3.63) is 69.6 Å². The SMILES string of the molecule is CCOc1cccc2cc(C(=O)OCC(=O)Nc3c(C)cccc3CC)c(=O)oc12. The van der Waals surface area contributed by atoms with E-state index in [1.807, 2.05) is 39.0 Å². The molecule has 0 saturated heterocycles. The van der Waals surface area contributed by atoms with Crippen molar-refractivity contribution >= 4 is 28.5 Å². The van der Waals surface area contributed by atoms with Crippen molar-refractivity contribution in [2.24, 2.45) is 0 Å². The zero-order chi connectivity index (χ0) is 21.7. The van der Waals surface area contributed by atoms with E-state index in [9.17, 15) is 14.4 Å². The molecule has 0 atom stereocenters. The number of hydrogen-bond acceptors (Lipinski definition) is 6. The minimum Gasteiger partial charge on any atom is -0.490 e. The third kappa shape index (κ3) is 4.51. The van der Waals surface area contributed by atoms with Crippen molar-refractivity contribution < 1.29 is 23.5 Å². The van der Waals surface area contributed by atoms with Gasteiger partial charge in [0, 0.05) is 11.1 Å².